The van der Waals surface area contributed by atoms with Crippen molar-refractivity contribution in [3.8, 4) is 0 Å². The Hall–Kier alpha value is -2.12. The van der Waals surface area contributed by atoms with E-state index in [1.807, 2.05) is 0 Å². The number of amides is 2. The van der Waals surface area contributed by atoms with E-state index in [-0.39, 0.29) is 6.54 Å². The fourth-order valence-corrected chi connectivity index (χ4v) is 1.75. The zero-order chi connectivity index (χ0) is 19.7. The van der Waals surface area contributed by atoms with Crippen LogP contribution in [0, 0.1) is 5.41 Å². The molecule has 0 heterocycles. The molecule has 0 aliphatic carbocycles. The first kappa shape index (κ1) is 22.9. The Balaban J connectivity index is 4.84. The quantitative estimate of drug-likeness (QED) is 0.327. The first-order valence-electron chi connectivity index (χ1n) is 8.38. The summed E-state index contributed by atoms with van der Waals surface area (Å²) in [5.74, 6) is -0.404. The number of hydrogen-bond donors (Lipinski definition) is 2. The van der Waals surface area contributed by atoms with Crippen LogP contribution in [-0.4, -0.2) is 47.1 Å². The van der Waals surface area contributed by atoms with Gasteiger partial charge >= 0.3 is 12.2 Å². The van der Waals surface area contributed by atoms with E-state index < -0.39 is 29.3 Å². The number of guanidine groups is 1. The Labute approximate surface area is 149 Å². The molecule has 0 aliphatic heterocycles. The predicted octanol–water partition coefficient (Wildman–Crippen LogP) is 3.44. The van der Waals surface area contributed by atoms with Crippen LogP contribution in [0.5, 0.6) is 0 Å². The van der Waals surface area contributed by atoms with Gasteiger partial charge in [-0.15, -0.1) is 0 Å². The number of nitrogens with zero attached hydrogens (tertiary/aromatic N) is 1. The second-order valence-corrected chi connectivity index (χ2v) is 7.62. The summed E-state index contributed by atoms with van der Waals surface area (Å²) in [5, 5.41) is 10.2. The van der Waals surface area contributed by atoms with Crippen molar-refractivity contribution in [3.05, 3.63) is 0 Å². The fraction of sp³-hybridized carbons (Fsp3) is 0.765. The SMILES string of the molecule is CC(C)(C)OC(=O)NC(=N)N(CCCCCC=O)C(=O)OC(C)(C)C. The van der Waals surface area contributed by atoms with Crippen LogP contribution in [0.2, 0.25) is 0 Å². The third-order valence-corrected chi connectivity index (χ3v) is 2.71. The topological polar surface area (TPSA) is 109 Å². The van der Waals surface area contributed by atoms with Crippen LogP contribution in [0.15, 0.2) is 0 Å². The summed E-state index contributed by atoms with van der Waals surface area (Å²) in [6.07, 6.45) is 1.77. The Kier molecular flexibility index (Phi) is 9.16. The predicted molar refractivity (Wildman–Crippen MR) is 94.6 cm³/mol. The lowest BCUT2D eigenvalue weighted by Gasteiger charge is -2.28. The van der Waals surface area contributed by atoms with Gasteiger partial charge in [0.15, 0.2) is 0 Å². The van der Waals surface area contributed by atoms with E-state index in [0.29, 0.717) is 19.3 Å². The van der Waals surface area contributed by atoms with Gasteiger partial charge in [0.1, 0.15) is 17.5 Å². The first-order valence-corrected chi connectivity index (χ1v) is 8.38. The summed E-state index contributed by atoms with van der Waals surface area (Å²) in [7, 11) is 0. The minimum Gasteiger partial charge on any atom is -0.444 e. The molecular weight excluding hydrogens is 326 g/mol. The monoisotopic (exact) mass is 357 g/mol. The Morgan fingerprint density at radius 3 is 2.04 bits per heavy atom. The van der Waals surface area contributed by atoms with Crippen LogP contribution in [0.4, 0.5) is 9.59 Å². The molecule has 0 aromatic heterocycles. The lowest BCUT2D eigenvalue weighted by Crippen LogP contribution is -2.49. The molecule has 0 fully saturated rings. The van der Waals surface area contributed by atoms with Gasteiger partial charge in [-0.05, 0) is 54.4 Å². The van der Waals surface area contributed by atoms with Gasteiger partial charge in [0, 0.05) is 13.0 Å². The molecule has 0 saturated heterocycles. The van der Waals surface area contributed by atoms with Gasteiger partial charge in [0.2, 0.25) is 5.96 Å². The number of ether oxygens (including phenoxy) is 2. The highest BCUT2D eigenvalue weighted by molar-refractivity contribution is 5.99. The van der Waals surface area contributed by atoms with E-state index in [0.717, 1.165) is 17.6 Å². The Morgan fingerprint density at radius 2 is 1.56 bits per heavy atom. The third-order valence-electron chi connectivity index (χ3n) is 2.71. The maximum absolute atomic E-state index is 12.3. The molecule has 2 N–H and O–H groups in total. The summed E-state index contributed by atoms with van der Waals surface area (Å²) >= 11 is 0. The van der Waals surface area contributed by atoms with Crippen molar-refractivity contribution < 1.29 is 23.9 Å². The van der Waals surface area contributed by atoms with Crippen molar-refractivity contribution in [1.29, 1.82) is 5.41 Å². The number of nitrogens with one attached hydrogen (secondary N) is 2. The highest BCUT2D eigenvalue weighted by atomic mass is 16.6. The van der Waals surface area contributed by atoms with Gasteiger partial charge in [-0.1, -0.05) is 6.42 Å². The molecule has 8 nitrogen and oxygen atoms in total. The highest BCUT2D eigenvalue weighted by Gasteiger charge is 2.27. The second-order valence-electron chi connectivity index (χ2n) is 7.62. The normalized spacial score (nSPS) is 11.4. The molecule has 0 aromatic carbocycles. The molecule has 0 radical (unpaired) electrons. The van der Waals surface area contributed by atoms with Crippen LogP contribution in [-0.2, 0) is 14.3 Å². The minimum atomic E-state index is -0.813. The summed E-state index contributed by atoms with van der Waals surface area (Å²) in [6.45, 7) is 10.5. The van der Waals surface area contributed by atoms with E-state index in [1.54, 1.807) is 41.5 Å². The number of hydrogen-bond acceptors (Lipinski definition) is 6. The summed E-state index contributed by atoms with van der Waals surface area (Å²) in [6, 6.07) is 0. The Morgan fingerprint density at radius 1 is 1.00 bits per heavy atom. The van der Waals surface area contributed by atoms with E-state index in [4.69, 9.17) is 14.9 Å². The summed E-state index contributed by atoms with van der Waals surface area (Å²) in [4.78, 5) is 35.5. The third kappa shape index (κ3) is 12.0. The zero-order valence-corrected chi connectivity index (χ0v) is 16.1. The van der Waals surface area contributed by atoms with Gasteiger partial charge < -0.3 is 14.3 Å². The van der Waals surface area contributed by atoms with E-state index in [9.17, 15) is 14.4 Å². The van der Waals surface area contributed by atoms with Crippen molar-refractivity contribution in [2.24, 2.45) is 0 Å². The number of carbonyl (C=O) groups excluding carboxylic acids is 3. The van der Waals surface area contributed by atoms with Gasteiger partial charge in [-0.2, -0.15) is 0 Å². The number of rotatable bonds is 6. The lowest BCUT2D eigenvalue weighted by atomic mass is 10.2. The van der Waals surface area contributed by atoms with Crippen LogP contribution in [0.1, 0.15) is 67.2 Å². The van der Waals surface area contributed by atoms with E-state index in [1.165, 1.54) is 0 Å². The van der Waals surface area contributed by atoms with Gasteiger partial charge in [-0.3, -0.25) is 10.7 Å². The molecule has 0 atom stereocenters. The van der Waals surface area contributed by atoms with Gasteiger partial charge in [-0.25, -0.2) is 14.5 Å². The molecule has 0 spiro atoms. The van der Waals surface area contributed by atoms with Crippen LogP contribution >= 0.6 is 0 Å². The van der Waals surface area contributed by atoms with Crippen molar-refractivity contribution in [3.63, 3.8) is 0 Å². The molecule has 8 heteroatoms. The molecular formula is C17H31N3O5. The van der Waals surface area contributed by atoms with Crippen molar-refractivity contribution in [1.82, 2.24) is 10.2 Å². The van der Waals surface area contributed by atoms with E-state index >= 15 is 0 Å². The Bertz CT molecular complexity index is 478. The van der Waals surface area contributed by atoms with Crippen molar-refractivity contribution in [2.75, 3.05) is 6.54 Å². The summed E-state index contributed by atoms with van der Waals surface area (Å²) < 4.78 is 10.4. The first-order chi connectivity index (χ1) is 11.4. The molecule has 0 bridgehead atoms. The number of carbonyl (C=O) groups is 3. The highest BCUT2D eigenvalue weighted by Crippen LogP contribution is 2.12. The fourth-order valence-electron chi connectivity index (χ4n) is 1.75. The molecule has 144 valence electrons. The lowest BCUT2D eigenvalue weighted by molar-refractivity contribution is -0.107. The second kappa shape index (κ2) is 10.0. The van der Waals surface area contributed by atoms with E-state index in [2.05, 4.69) is 5.32 Å². The molecule has 2 amide bonds. The van der Waals surface area contributed by atoms with Crippen molar-refractivity contribution >= 4 is 24.4 Å². The average Bonchev–Trinajstić information content (AvgIpc) is 2.37. The van der Waals surface area contributed by atoms with Crippen molar-refractivity contribution in [2.45, 2.75) is 78.4 Å². The smallest absolute Gasteiger partial charge is 0.417 e. The average molecular weight is 357 g/mol. The molecule has 0 aromatic rings. The molecule has 25 heavy (non-hydrogen) atoms. The van der Waals surface area contributed by atoms with Gasteiger partial charge in [0.05, 0.1) is 0 Å². The standard InChI is InChI=1S/C17H31N3O5/c1-16(2,3)24-14(22)19-13(18)20(11-9-7-8-10-12-21)15(23)25-17(4,5)6/h12H,7-11H2,1-6H3,(H2,18,19,22). The zero-order valence-electron chi connectivity index (χ0n) is 16.1. The number of alkyl carbamates (subject to hydrolysis) is 1. The maximum Gasteiger partial charge on any atom is 0.417 e. The molecule has 0 aliphatic rings. The molecule has 0 unspecified atom stereocenters. The summed E-state index contributed by atoms with van der Waals surface area (Å²) in [5.41, 5.74) is -1.44. The van der Waals surface area contributed by atoms with Crippen LogP contribution < -0.4 is 5.32 Å². The number of aldehydes is 1. The molecule has 0 saturated carbocycles. The maximum atomic E-state index is 12.3. The van der Waals surface area contributed by atoms with Gasteiger partial charge in [0.25, 0.3) is 0 Å². The van der Waals surface area contributed by atoms with Crippen LogP contribution in [0.3, 0.4) is 0 Å². The largest absolute Gasteiger partial charge is 0.444 e. The molecule has 0 rings (SSSR count). The minimum absolute atomic E-state index is 0.197. The number of unbranched alkanes of at least 4 members (excludes halogenated alkanes) is 3. The van der Waals surface area contributed by atoms with Crippen LogP contribution in [0.25, 0.3) is 0 Å².